The van der Waals surface area contributed by atoms with Crippen molar-refractivity contribution in [2.45, 2.75) is 18.9 Å². The molecule has 0 spiro atoms. The van der Waals surface area contributed by atoms with Crippen LogP contribution in [0.2, 0.25) is 0 Å². The first-order valence-electron chi connectivity index (χ1n) is 8.62. The van der Waals surface area contributed by atoms with E-state index in [1.54, 1.807) is 12.1 Å². The van der Waals surface area contributed by atoms with Crippen LogP contribution >= 0.6 is 11.8 Å². The molecule has 142 valence electrons. The molecule has 6 nitrogen and oxygen atoms in total. The molecule has 2 N–H and O–H groups in total. The van der Waals surface area contributed by atoms with Crippen molar-refractivity contribution in [3.63, 3.8) is 0 Å². The Morgan fingerprint density at radius 1 is 1.21 bits per heavy atom. The van der Waals surface area contributed by atoms with Crippen molar-refractivity contribution in [2.24, 2.45) is 0 Å². The monoisotopic (exact) mass is 394 g/mol. The molecule has 1 atom stereocenters. The Kier molecular flexibility index (Phi) is 6.35. The molecule has 1 aliphatic heterocycles. The molecule has 0 saturated heterocycles. The highest BCUT2D eigenvalue weighted by atomic mass is 32.2. The zero-order valence-electron chi connectivity index (χ0n) is 14.9. The summed E-state index contributed by atoms with van der Waals surface area (Å²) in [6.07, 6.45) is 0.135. The number of nitrogens with zero attached hydrogens (tertiary/aromatic N) is 1. The number of carbonyl (C=O) groups is 2. The fraction of sp³-hybridized carbons (Fsp3) is 0.190. The molecule has 0 bridgehead atoms. The number of hydrogen-bond donors (Lipinski definition) is 2. The van der Waals surface area contributed by atoms with Gasteiger partial charge in [-0.05, 0) is 23.3 Å². The van der Waals surface area contributed by atoms with Crippen molar-refractivity contribution in [3.05, 3.63) is 76.3 Å². The number of phenols is 1. The van der Waals surface area contributed by atoms with E-state index < -0.39 is 11.9 Å². The summed E-state index contributed by atoms with van der Waals surface area (Å²) in [6.45, 7) is 0.173. The molecule has 3 rings (SSSR count). The summed E-state index contributed by atoms with van der Waals surface area (Å²) < 4.78 is 5.23. The average Bonchev–Trinajstić information content (AvgIpc) is 2.71. The number of rotatable bonds is 6. The number of ether oxygens (including phenoxy) is 1. The third-order valence-electron chi connectivity index (χ3n) is 4.23. The average molecular weight is 394 g/mol. The van der Waals surface area contributed by atoms with E-state index in [9.17, 15) is 20.0 Å². The maximum Gasteiger partial charge on any atom is 0.316 e. The van der Waals surface area contributed by atoms with Crippen LogP contribution < -0.4 is 5.32 Å². The van der Waals surface area contributed by atoms with Gasteiger partial charge in [-0.1, -0.05) is 54.2 Å². The fourth-order valence-corrected chi connectivity index (χ4v) is 3.71. The van der Waals surface area contributed by atoms with Crippen molar-refractivity contribution in [1.82, 2.24) is 5.32 Å². The minimum atomic E-state index is -0.431. The normalized spacial score (nSPS) is 16.2. The molecule has 0 radical (unpaired) electrons. The lowest BCUT2D eigenvalue weighted by atomic mass is 9.87. The molecule has 28 heavy (non-hydrogen) atoms. The largest absolute Gasteiger partial charge is 0.508 e. The lowest BCUT2D eigenvalue weighted by molar-refractivity contribution is -0.141. The van der Waals surface area contributed by atoms with Gasteiger partial charge in [0.15, 0.2) is 0 Å². The summed E-state index contributed by atoms with van der Waals surface area (Å²) in [4.78, 5) is 24.1. The minimum Gasteiger partial charge on any atom is -0.508 e. The maximum absolute atomic E-state index is 12.1. The second-order valence-corrected chi connectivity index (χ2v) is 7.17. The van der Waals surface area contributed by atoms with Gasteiger partial charge in [0.25, 0.3) is 0 Å². The number of allylic oxidation sites excluding steroid dienone is 1. The molecule has 0 saturated carbocycles. The predicted molar refractivity (Wildman–Crippen MR) is 105 cm³/mol. The molecule has 1 aliphatic rings. The number of esters is 1. The fourth-order valence-electron chi connectivity index (χ4n) is 2.84. The van der Waals surface area contributed by atoms with Gasteiger partial charge in [0.2, 0.25) is 5.91 Å². The molecule has 0 unspecified atom stereocenters. The van der Waals surface area contributed by atoms with E-state index in [1.165, 1.54) is 12.1 Å². The third kappa shape index (κ3) is 4.93. The van der Waals surface area contributed by atoms with Crippen LogP contribution in [0, 0.1) is 11.3 Å². The van der Waals surface area contributed by atoms with Crippen LogP contribution in [0.15, 0.2) is 65.2 Å². The van der Waals surface area contributed by atoms with Gasteiger partial charge in [-0.25, -0.2) is 0 Å². The van der Waals surface area contributed by atoms with Gasteiger partial charge in [-0.15, -0.1) is 0 Å². The van der Waals surface area contributed by atoms with Crippen molar-refractivity contribution in [3.8, 4) is 11.8 Å². The van der Waals surface area contributed by atoms with Crippen molar-refractivity contribution in [2.75, 3.05) is 5.75 Å². The number of nitriles is 1. The van der Waals surface area contributed by atoms with E-state index in [4.69, 9.17) is 4.74 Å². The molecular formula is C21H18N2O4S. The summed E-state index contributed by atoms with van der Waals surface area (Å²) >= 11 is 1.08. The zero-order valence-corrected chi connectivity index (χ0v) is 15.7. The van der Waals surface area contributed by atoms with Gasteiger partial charge < -0.3 is 15.2 Å². The van der Waals surface area contributed by atoms with Gasteiger partial charge in [0.05, 0.1) is 22.4 Å². The standard InChI is InChI=1S/C21H18N2O4S/c22-11-18-17(15-6-8-16(24)9-7-15)10-19(25)23-21(18)28-13-20(26)27-12-14-4-2-1-3-5-14/h1-9,17,24H,10,12-13H2,(H,23,25)/t17-/m0/s1. The van der Waals surface area contributed by atoms with Crippen LogP contribution in [0.4, 0.5) is 0 Å². The number of thioether (sulfide) groups is 1. The summed E-state index contributed by atoms with van der Waals surface area (Å²) in [5.41, 5.74) is 2.04. The van der Waals surface area contributed by atoms with E-state index in [0.29, 0.717) is 10.6 Å². The minimum absolute atomic E-state index is 0.0179. The number of phenolic OH excluding ortho intramolecular Hbond substituents is 1. The van der Waals surface area contributed by atoms with Gasteiger partial charge in [-0.2, -0.15) is 5.26 Å². The Morgan fingerprint density at radius 3 is 2.61 bits per heavy atom. The Hall–Kier alpha value is -3.24. The van der Waals surface area contributed by atoms with E-state index in [2.05, 4.69) is 11.4 Å². The first-order valence-corrected chi connectivity index (χ1v) is 9.60. The van der Waals surface area contributed by atoms with Gasteiger partial charge in [0, 0.05) is 12.3 Å². The summed E-state index contributed by atoms with van der Waals surface area (Å²) in [5.74, 6) is -0.975. The Labute approximate surface area is 166 Å². The summed E-state index contributed by atoms with van der Waals surface area (Å²) in [6, 6.07) is 17.9. The molecule has 1 heterocycles. The zero-order chi connectivity index (χ0) is 19.9. The van der Waals surface area contributed by atoms with Gasteiger partial charge in [-0.3, -0.25) is 9.59 Å². The van der Waals surface area contributed by atoms with E-state index in [1.807, 2.05) is 30.3 Å². The van der Waals surface area contributed by atoms with Crippen molar-refractivity contribution < 1.29 is 19.4 Å². The highest BCUT2D eigenvalue weighted by molar-refractivity contribution is 8.03. The maximum atomic E-state index is 12.1. The summed E-state index contributed by atoms with van der Waals surface area (Å²) in [5, 5.41) is 22.1. The van der Waals surface area contributed by atoms with E-state index in [0.717, 1.165) is 22.9 Å². The molecule has 0 fully saturated rings. The van der Waals surface area contributed by atoms with Gasteiger partial charge in [0.1, 0.15) is 12.4 Å². The number of hydrogen-bond acceptors (Lipinski definition) is 6. The molecule has 2 aromatic carbocycles. The Balaban J connectivity index is 1.68. The number of carbonyl (C=O) groups excluding carboxylic acids is 2. The highest BCUT2D eigenvalue weighted by Crippen LogP contribution is 2.36. The van der Waals surface area contributed by atoms with E-state index in [-0.39, 0.29) is 30.4 Å². The molecular weight excluding hydrogens is 376 g/mol. The first kappa shape index (κ1) is 19.5. The number of aromatic hydroxyl groups is 1. The summed E-state index contributed by atoms with van der Waals surface area (Å²) in [7, 11) is 0. The second-order valence-electron chi connectivity index (χ2n) is 6.19. The SMILES string of the molecule is N#CC1=C(SCC(=O)OCc2ccccc2)NC(=O)C[C@H]1c1ccc(O)cc1. The topological polar surface area (TPSA) is 99.4 Å². The molecule has 2 aromatic rings. The van der Waals surface area contributed by atoms with Crippen LogP contribution in [-0.4, -0.2) is 22.7 Å². The van der Waals surface area contributed by atoms with Crippen LogP contribution in [0.3, 0.4) is 0 Å². The molecule has 1 amide bonds. The van der Waals surface area contributed by atoms with Crippen molar-refractivity contribution >= 4 is 23.6 Å². The first-order chi connectivity index (χ1) is 13.6. The van der Waals surface area contributed by atoms with Crippen LogP contribution in [-0.2, 0) is 20.9 Å². The quantitative estimate of drug-likeness (QED) is 0.730. The molecule has 0 aliphatic carbocycles. The van der Waals surface area contributed by atoms with Gasteiger partial charge >= 0.3 is 5.97 Å². The highest BCUT2D eigenvalue weighted by Gasteiger charge is 2.30. The van der Waals surface area contributed by atoms with Crippen molar-refractivity contribution in [1.29, 1.82) is 5.26 Å². The van der Waals surface area contributed by atoms with E-state index >= 15 is 0 Å². The Morgan fingerprint density at radius 2 is 1.93 bits per heavy atom. The third-order valence-corrected chi connectivity index (χ3v) is 5.22. The Bertz CT molecular complexity index is 933. The second kappa shape index (κ2) is 9.11. The number of nitrogens with one attached hydrogen (secondary N) is 1. The van der Waals surface area contributed by atoms with Crippen LogP contribution in [0.1, 0.15) is 23.5 Å². The lowest BCUT2D eigenvalue weighted by Gasteiger charge is -2.25. The number of benzene rings is 2. The van der Waals surface area contributed by atoms with Crippen LogP contribution in [0.25, 0.3) is 0 Å². The van der Waals surface area contributed by atoms with Crippen LogP contribution in [0.5, 0.6) is 5.75 Å². The lowest BCUT2D eigenvalue weighted by Crippen LogP contribution is -2.31. The number of amides is 1. The molecule has 7 heteroatoms. The molecule has 0 aromatic heterocycles. The predicted octanol–water partition coefficient (Wildman–Crippen LogP) is 3.21. The smallest absolute Gasteiger partial charge is 0.316 e.